The fourth-order valence-electron chi connectivity index (χ4n) is 3.59. The lowest BCUT2D eigenvalue weighted by Crippen LogP contribution is -2.16. The smallest absolute Gasteiger partial charge is 0.260 e. The average Bonchev–Trinajstić information content (AvgIpc) is 3.42. The van der Waals surface area contributed by atoms with Gasteiger partial charge in [0.25, 0.3) is 5.91 Å². The Hall–Kier alpha value is -3.95. The van der Waals surface area contributed by atoms with Crippen LogP contribution in [0, 0.1) is 6.92 Å². The number of nitrogens with one attached hydrogen (secondary N) is 1. The van der Waals surface area contributed by atoms with Crippen LogP contribution < -0.4 is 10.1 Å². The average molecular weight is 494 g/mol. The maximum absolute atomic E-state index is 13.1. The van der Waals surface area contributed by atoms with Gasteiger partial charge in [0.15, 0.2) is 11.5 Å². The summed E-state index contributed by atoms with van der Waals surface area (Å²) < 4.78 is 8.51. The third-order valence-corrected chi connectivity index (χ3v) is 5.55. The van der Waals surface area contributed by atoms with Crippen LogP contribution in [0.3, 0.4) is 0 Å². The number of aromatic nitrogens is 6. The van der Waals surface area contributed by atoms with E-state index < -0.39 is 5.91 Å². The number of carbonyl (C=O) groups is 1. The predicted octanol–water partition coefficient (Wildman–Crippen LogP) is 4.88. The zero-order chi connectivity index (χ0) is 23.8. The van der Waals surface area contributed by atoms with Gasteiger partial charge in [-0.2, -0.15) is 14.9 Å². The highest BCUT2D eigenvalue weighted by molar-refractivity contribution is 6.31. The molecule has 3 aromatic heterocycles. The number of fused-ring (bicyclic) bond motifs is 1. The molecule has 0 spiro atoms. The fraction of sp³-hybridized carbons (Fsp3) is 0.0870. The summed E-state index contributed by atoms with van der Waals surface area (Å²) in [7, 11) is 1.49. The quantitative estimate of drug-likeness (QED) is 0.374. The van der Waals surface area contributed by atoms with E-state index in [1.165, 1.54) is 18.1 Å². The molecule has 9 nitrogen and oxygen atoms in total. The first-order valence-electron chi connectivity index (χ1n) is 10.1. The summed E-state index contributed by atoms with van der Waals surface area (Å²) >= 11 is 12.2. The second-order valence-electron chi connectivity index (χ2n) is 7.35. The molecule has 0 aliphatic rings. The zero-order valence-corrected chi connectivity index (χ0v) is 19.5. The van der Waals surface area contributed by atoms with Gasteiger partial charge in [-0.25, -0.2) is 14.6 Å². The van der Waals surface area contributed by atoms with Crippen molar-refractivity contribution in [1.82, 2.24) is 29.5 Å². The number of aryl methyl sites for hydroxylation is 1. The van der Waals surface area contributed by atoms with Crippen molar-refractivity contribution in [3.05, 3.63) is 82.4 Å². The molecular weight excluding hydrogens is 477 g/mol. The monoisotopic (exact) mass is 493 g/mol. The van der Waals surface area contributed by atoms with Crippen molar-refractivity contribution >= 4 is 46.0 Å². The number of nitrogens with zero attached hydrogens (tertiary/aromatic N) is 6. The van der Waals surface area contributed by atoms with E-state index in [1.54, 1.807) is 47.3 Å². The van der Waals surface area contributed by atoms with Crippen molar-refractivity contribution in [3.8, 4) is 17.3 Å². The van der Waals surface area contributed by atoms with Crippen molar-refractivity contribution < 1.29 is 9.53 Å². The van der Waals surface area contributed by atoms with Gasteiger partial charge in [0.1, 0.15) is 17.9 Å². The Morgan fingerprint density at radius 2 is 1.85 bits per heavy atom. The number of amides is 1. The fourth-order valence-corrected chi connectivity index (χ4v) is 3.95. The van der Waals surface area contributed by atoms with E-state index in [2.05, 4.69) is 25.5 Å². The Labute approximate surface area is 203 Å². The number of rotatable bonds is 5. The Morgan fingerprint density at radius 3 is 2.65 bits per heavy atom. The number of hydrogen-bond acceptors (Lipinski definition) is 6. The predicted molar refractivity (Wildman–Crippen MR) is 129 cm³/mol. The van der Waals surface area contributed by atoms with Gasteiger partial charge < -0.3 is 10.1 Å². The van der Waals surface area contributed by atoms with Gasteiger partial charge in [-0.3, -0.25) is 4.79 Å². The number of anilines is 1. The van der Waals surface area contributed by atoms with E-state index >= 15 is 0 Å². The first-order chi connectivity index (χ1) is 16.4. The van der Waals surface area contributed by atoms with Crippen LogP contribution in [0.15, 0.2) is 61.1 Å². The van der Waals surface area contributed by atoms with Crippen molar-refractivity contribution in [2.24, 2.45) is 0 Å². The first kappa shape index (κ1) is 21.9. The molecular formula is C23H17Cl2N7O2. The molecule has 0 atom stereocenters. The Morgan fingerprint density at radius 1 is 1.03 bits per heavy atom. The largest absolute Gasteiger partial charge is 0.496 e. The maximum Gasteiger partial charge on any atom is 0.260 e. The summed E-state index contributed by atoms with van der Waals surface area (Å²) in [5.41, 5.74) is 2.30. The molecule has 5 rings (SSSR count). The third-order valence-electron chi connectivity index (χ3n) is 5.08. The minimum Gasteiger partial charge on any atom is -0.496 e. The maximum atomic E-state index is 13.1. The molecule has 0 radical (unpaired) electrons. The van der Waals surface area contributed by atoms with Crippen LogP contribution in [-0.4, -0.2) is 42.5 Å². The molecule has 170 valence electrons. The molecule has 0 aliphatic carbocycles. The lowest BCUT2D eigenvalue weighted by molar-refractivity contribution is 0.102. The Bertz CT molecular complexity index is 1540. The molecule has 0 fully saturated rings. The van der Waals surface area contributed by atoms with Crippen molar-refractivity contribution in [1.29, 1.82) is 0 Å². The van der Waals surface area contributed by atoms with Crippen LogP contribution in [0.4, 0.5) is 5.82 Å². The van der Waals surface area contributed by atoms with E-state index in [1.807, 2.05) is 19.1 Å². The van der Waals surface area contributed by atoms with Crippen LogP contribution in [-0.2, 0) is 0 Å². The molecule has 1 N–H and O–H groups in total. The van der Waals surface area contributed by atoms with E-state index in [4.69, 9.17) is 27.9 Å². The van der Waals surface area contributed by atoms with Crippen LogP contribution in [0.25, 0.3) is 22.5 Å². The topological polar surface area (TPSA) is 99.8 Å². The Kier molecular flexibility index (Phi) is 5.64. The number of methoxy groups -OCH3 is 1. The minimum atomic E-state index is -0.402. The first-order valence-corrected chi connectivity index (χ1v) is 10.9. The van der Waals surface area contributed by atoms with Gasteiger partial charge in [0.05, 0.1) is 35.6 Å². The van der Waals surface area contributed by atoms with Gasteiger partial charge in [-0.05, 0) is 43.3 Å². The van der Waals surface area contributed by atoms with Crippen molar-refractivity contribution in [3.63, 3.8) is 0 Å². The summed E-state index contributed by atoms with van der Waals surface area (Å²) in [4.78, 5) is 21.9. The summed E-state index contributed by atoms with van der Waals surface area (Å²) in [6, 6.07) is 13.9. The second kappa shape index (κ2) is 8.77. The molecule has 0 saturated heterocycles. The van der Waals surface area contributed by atoms with E-state index in [9.17, 15) is 4.79 Å². The summed E-state index contributed by atoms with van der Waals surface area (Å²) in [6.07, 6.45) is 3.07. The normalized spacial score (nSPS) is 11.1. The molecule has 3 heterocycles. The molecule has 0 unspecified atom stereocenters. The van der Waals surface area contributed by atoms with E-state index in [0.717, 1.165) is 5.69 Å². The highest BCUT2D eigenvalue weighted by Crippen LogP contribution is 2.27. The van der Waals surface area contributed by atoms with Gasteiger partial charge >= 0.3 is 0 Å². The highest BCUT2D eigenvalue weighted by atomic mass is 35.5. The van der Waals surface area contributed by atoms with Crippen LogP contribution in [0.1, 0.15) is 16.1 Å². The minimum absolute atomic E-state index is 0.294. The van der Waals surface area contributed by atoms with Crippen molar-refractivity contribution in [2.75, 3.05) is 12.4 Å². The van der Waals surface area contributed by atoms with Crippen LogP contribution in [0.2, 0.25) is 10.0 Å². The number of halogens is 2. The molecule has 2 aromatic carbocycles. The lowest BCUT2D eigenvalue weighted by Gasteiger charge is -2.11. The van der Waals surface area contributed by atoms with Gasteiger partial charge in [0, 0.05) is 16.1 Å². The Balaban J connectivity index is 1.57. The summed E-state index contributed by atoms with van der Waals surface area (Å²) in [5.74, 6) is 0.872. The summed E-state index contributed by atoms with van der Waals surface area (Å²) in [6.45, 7) is 1.82. The van der Waals surface area contributed by atoms with E-state index in [0.29, 0.717) is 49.7 Å². The van der Waals surface area contributed by atoms with Crippen LogP contribution in [0.5, 0.6) is 5.75 Å². The van der Waals surface area contributed by atoms with Crippen LogP contribution >= 0.6 is 23.2 Å². The number of hydrogen-bond donors (Lipinski definition) is 1. The SMILES string of the molecule is COc1ccc(Cl)cc1C(=O)Nc1cc(C)nn1-c1ncnc2c1cnn2-c1cccc(Cl)c1. The number of carbonyl (C=O) groups excluding carboxylic acids is 1. The van der Waals surface area contributed by atoms with Crippen molar-refractivity contribution in [2.45, 2.75) is 6.92 Å². The lowest BCUT2D eigenvalue weighted by atomic mass is 10.2. The molecule has 0 aliphatic heterocycles. The molecule has 11 heteroatoms. The second-order valence-corrected chi connectivity index (χ2v) is 8.23. The highest BCUT2D eigenvalue weighted by Gasteiger charge is 2.20. The van der Waals surface area contributed by atoms with E-state index in [-0.39, 0.29) is 0 Å². The molecule has 1 amide bonds. The standard InChI is InChI=1S/C23H17Cl2N7O2/c1-13-8-20(29-23(33)17-10-15(25)6-7-19(17)34-2)32(30-13)22-18-11-28-31(21(18)26-12-27-22)16-5-3-4-14(24)9-16/h3-12H,1-2H3,(H,29,33). The zero-order valence-electron chi connectivity index (χ0n) is 18.0. The third kappa shape index (κ3) is 3.95. The molecule has 34 heavy (non-hydrogen) atoms. The molecule has 0 bridgehead atoms. The van der Waals surface area contributed by atoms with Gasteiger partial charge in [0.2, 0.25) is 0 Å². The van der Waals surface area contributed by atoms with Gasteiger partial charge in [-0.1, -0.05) is 29.3 Å². The number of benzene rings is 2. The molecule has 0 saturated carbocycles. The molecule has 5 aromatic rings. The number of ether oxygens (including phenoxy) is 1. The van der Waals surface area contributed by atoms with Gasteiger partial charge in [-0.15, -0.1) is 0 Å². The summed E-state index contributed by atoms with van der Waals surface area (Å²) in [5, 5.41) is 13.5.